The van der Waals surface area contributed by atoms with E-state index in [1.54, 1.807) is 30.3 Å². The Morgan fingerprint density at radius 2 is 1.89 bits per heavy atom. The number of nitrogens with one attached hydrogen (secondary N) is 1. The largest absolute Gasteiger partial charge is 0.493 e. The van der Waals surface area contributed by atoms with Gasteiger partial charge >= 0.3 is 4.87 Å². The van der Waals surface area contributed by atoms with Gasteiger partial charge in [0.2, 0.25) is 11.8 Å². The highest BCUT2D eigenvalue weighted by molar-refractivity contribution is 7.10. The van der Waals surface area contributed by atoms with Gasteiger partial charge in [-0.3, -0.25) is 19.1 Å². The Kier molecular flexibility index (Phi) is 4.67. The molecule has 1 aliphatic heterocycles. The van der Waals surface area contributed by atoms with Crippen molar-refractivity contribution in [3.8, 4) is 5.88 Å². The first-order valence-corrected chi connectivity index (χ1v) is 9.49. The minimum atomic E-state index is -0.395. The maximum atomic E-state index is 12.3. The average Bonchev–Trinajstić information content (AvgIpc) is 3.14. The number of aromatic nitrogens is 1. The first-order chi connectivity index (χ1) is 13.5. The third kappa shape index (κ3) is 3.39. The lowest BCUT2D eigenvalue weighted by Gasteiger charge is -2.06. The summed E-state index contributed by atoms with van der Waals surface area (Å²) in [5.74, 6) is -0.604. The highest BCUT2D eigenvalue weighted by Gasteiger charge is 2.20. The van der Waals surface area contributed by atoms with Crippen LogP contribution in [0.3, 0.4) is 0 Å². The number of carbonyl (C=O) groups excluding carboxylic acids is 1. The molecule has 0 fully saturated rings. The maximum Gasteiger partial charge on any atom is 0.311 e. The number of rotatable bonds is 4. The number of hydrogen-bond donors (Lipinski definition) is 2. The van der Waals surface area contributed by atoms with Crippen molar-refractivity contribution in [2.75, 3.05) is 5.32 Å². The number of para-hydroxylation sites is 2. The zero-order valence-electron chi connectivity index (χ0n) is 15.0. The lowest BCUT2D eigenvalue weighted by Crippen LogP contribution is -2.23. The summed E-state index contributed by atoms with van der Waals surface area (Å²) in [6.07, 6.45) is 1.75. The number of aliphatic imine (C=N–C) groups is 1. The Bertz CT molecular complexity index is 1170. The van der Waals surface area contributed by atoms with E-state index in [1.165, 1.54) is 0 Å². The predicted octanol–water partition coefficient (Wildman–Crippen LogP) is 3.90. The molecular formula is C21H17N3O3S. The molecule has 3 aromatic rings. The number of thiazole rings is 1. The molecular weight excluding hydrogens is 374 g/mol. The fraction of sp³-hybridized carbons (Fsp3) is 0.0952. The number of amides is 1. The molecule has 1 amide bonds. The van der Waals surface area contributed by atoms with Crippen LogP contribution in [0, 0.1) is 0 Å². The molecule has 2 heterocycles. The summed E-state index contributed by atoms with van der Waals surface area (Å²) in [7, 11) is 0. The van der Waals surface area contributed by atoms with Crippen LogP contribution in [0.2, 0.25) is 0 Å². The molecule has 140 valence electrons. The van der Waals surface area contributed by atoms with Crippen molar-refractivity contribution in [2.24, 2.45) is 4.99 Å². The van der Waals surface area contributed by atoms with Gasteiger partial charge in [0.15, 0.2) is 0 Å². The molecule has 1 aliphatic rings. The van der Waals surface area contributed by atoms with E-state index in [4.69, 9.17) is 0 Å². The van der Waals surface area contributed by atoms with Gasteiger partial charge in [-0.25, -0.2) is 0 Å². The van der Waals surface area contributed by atoms with Gasteiger partial charge in [-0.1, -0.05) is 47.7 Å². The smallest absolute Gasteiger partial charge is 0.311 e. The Hall–Kier alpha value is -3.45. The van der Waals surface area contributed by atoms with Crippen LogP contribution in [0.25, 0.3) is 11.6 Å². The molecule has 0 saturated carbocycles. The molecule has 6 nitrogen and oxygen atoms in total. The monoisotopic (exact) mass is 391 g/mol. The van der Waals surface area contributed by atoms with Gasteiger partial charge < -0.3 is 10.4 Å². The Balaban J connectivity index is 1.61. The SMILES string of the molecule is CC1=Nc2ccccc2C1=Cc1sc(=O)n(CC(=O)Nc2ccccc2)c1O. The van der Waals surface area contributed by atoms with Crippen molar-refractivity contribution in [1.29, 1.82) is 0 Å². The van der Waals surface area contributed by atoms with E-state index < -0.39 is 4.87 Å². The van der Waals surface area contributed by atoms with Gasteiger partial charge in [0, 0.05) is 22.5 Å². The van der Waals surface area contributed by atoms with Gasteiger partial charge in [-0.15, -0.1) is 0 Å². The number of carbonyl (C=O) groups is 1. The summed E-state index contributed by atoms with van der Waals surface area (Å²) >= 11 is 0.899. The average molecular weight is 391 g/mol. The van der Waals surface area contributed by atoms with E-state index in [0.29, 0.717) is 10.6 Å². The van der Waals surface area contributed by atoms with Crippen LogP contribution < -0.4 is 10.2 Å². The Morgan fingerprint density at radius 1 is 1.18 bits per heavy atom. The van der Waals surface area contributed by atoms with E-state index in [0.717, 1.165) is 38.4 Å². The van der Waals surface area contributed by atoms with Crippen LogP contribution in [0.1, 0.15) is 17.4 Å². The molecule has 0 bridgehead atoms. The van der Waals surface area contributed by atoms with Crippen LogP contribution in [0.5, 0.6) is 5.88 Å². The summed E-state index contributed by atoms with van der Waals surface area (Å²) < 4.78 is 1.07. The molecule has 0 atom stereocenters. The van der Waals surface area contributed by atoms with E-state index in [9.17, 15) is 14.7 Å². The highest BCUT2D eigenvalue weighted by Crippen LogP contribution is 2.37. The number of aromatic hydroxyl groups is 1. The first-order valence-electron chi connectivity index (χ1n) is 8.67. The van der Waals surface area contributed by atoms with Crippen molar-refractivity contribution >= 4 is 46.0 Å². The highest BCUT2D eigenvalue weighted by atomic mass is 32.1. The van der Waals surface area contributed by atoms with Gasteiger partial charge in [0.05, 0.1) is 10.6 Å². The van der Waals surface area contributed by atoms with Crippen LogP contribution in [-0.4, -0.2) is 21.3 Å². The third-order valence-corrected chi connectivity index (χ3v) is 5.32. The van der Waals surface area contributed by atoms with Crippen LogP contribution in [0.4, 0.5) is 11.4 Å². The summed E-state index contributed by atoms with van der Waals surface area (Å²) in [4.78, 5) is 29.1. The number of fused-ring (bicyclic) bond motifs is 1. The van der Waals surface area contributed by atoms with E-state index in [-0.39, 0.29) is 18.3 Å². The zero-order valence-corrected chi connectivity index (χ0v) is 15.9. The van der Waals surface area contributed by atoms with Crippen molar-refractivity contribution < 1.29 is 9.90 Å². The van der Waals surface area contributed by atoms with Crippen molar-refractivity contribution in [1.82, 2.24) is 4.57 Å². The fourth-order valence-corrected chi connectivity index (χ4v) is 3.89. The van der Waals surface area contributed by atoms with Gasteiger partial charge in [0.1, 0.15) is 6.54 Å². The number of anilines is 1. The molecule has 1 aromatic heterocycles. The minimum Gasteiger partial charge on any atom is -0.493 e. The van der Waals surface area contributed by atoms with E-state index in [2.05, 4.69) is 10.3 Å². The van der Waals surface area contributed by atoms with Gasteiger partial charge in [-0.2, -0.15) is 0 Å². The number of nitrogens with zero attached hydrogens (tertiary/aromatic N) is 2. The molecule has 4 rings (SSSR count). The number of benzene rings is 2. The van der Waals surface area contributed by atoms with E-state index in [1.807, 2.05) is 37.3 Å². The lowest BCUT2D eigenvalue weighted by molar-refractivity contribution is -0.116. The minimum absolute atomic E-state index is 0.220. The van der Waals surface area contributed by atoms with Crippen molar-refractivity contribution in [2.45, 2.75) is 13.5 Å². The Labute approximate surface area is 165 Å². The van der Waals surface area contributed by atoms with E-state index >= 15 is 0 Å². The zero-order chi connectivity index (χ0) is 19.7. The van der Waals surface area contributed by atoms with Crippen LogP contribution in [-0.2, 0) is 11.3 Å². The van der Waals surface area contributed by atoms with Crippen molar-refractivity contribution in [3.05, 3.63) is 74.7 Å². The second-order valence-corrected chi connectivity index (χ2v) is 7.32. The third-order valence-electron chi connectivity index (χ3n) is 4.40. The lowest BCUT2D eigenvalue weighted by atomic mass is 10.0. The molecule has 28 heavy (non-hydrogen) atoms. The molecule has 2 N–H and O–H groups in total. The number of hydrogen-bond acceptors (Lipinski definition) is 5. The summed E-state index contributed by atoms with van der Waals surface area (Å²) in [5.41, 5.74) is 4.11. The summed E-state index contributed by atoms with van der Waals surface area (Å²) in [6.45, 7) is 1.62. The summed E-state index contributed by atoms with van der Waals surface area (Å²) in [6, 6.07) is 16.7. The first kappa shape index (κ1) is 17.9. The normalized spacial score (nSPS) is 14.0. The molecule has 0 saturated heterocycles. The Morgan fingerprint density at radius 3 is 2.68 bits per heavy atom. The molecule has 2 aromatic carbocycles. The van der Waals surface area contributed by atoms with Gasteiger partial charge in [0.25, 0.3) is 0 Å². The van der Waals surface area contributed by atoms with Gasteiger partial charge in [-0.05, 0) is 31.2 Å². The second kappa shape index (κ2) is 7.28. The molecule has 0 radical (unpaired) electrons. The molecule has 7 heteroatoms. The topological polar surface area (TPSA) is 83.7 Å². The standard InChI is InChI=1S/C21H17N3O3S/c1-13-16(15-9-5-6-10-17(15)22-13)11-18-20(26)24(21(27)28-18)12-19(25)23-14-7-3-2-4-8-14/h2-11,26H,12H2,1H3,(H,23,25). The molecule has 0 aliphatic carbocycles. The second-order valence-electron chi connectivity index (χ2n) is 6.33. The quantitative estimate of drug-likeness (QED) is 0.707. The van der Waals surface area contributed by atoms with Crippen LogP contribution in [0.15, 0.2) is 64.4 Å². The maximum absolute atomic E-state index is 12.3. The predicted molar refractivity (Wildman–Crippen MR) is 112 cm³/mol. The van der Waals surface area contributed by atoms with Crippen LogP contribution >= 0.6 is 11.3 Å². The van der Waals surface area contributed by atoms with Crippen molar-refractivity contribution in [3.63, 3.8) is 0 Å². The molecule has 0 spiro atoms. The molecule has 0 unspecified atom stereocenters. The summed E-state index contributed by atoms with van der Waals surface area (Å²) in [5, 5.41) is 13.2. The fourth-order valence-electron chi connectivity index (χ4n) is 3.06. The number of allylic oxidation sites excluding steroid dienone is 1.